The predicted molar refractivity (Wildman–Crippen MR) is 60.6 cm³/mol. The van der Waals surface area contributed by atoms with Crippen LogP contribution in [-0.4, -0.2) is 35.0 Å². The number of nitrogens with zero attached hydrogens (tertiary/aromatic N) is 1. The van der Waals surface area contributed by atoms with Crippen molar-refractivity contribution < 1.29 is 9.90 Å². The molecule has 16 heavy (non-hydrogen) atoms. The average molecular weight is 220 g/mol. The Bertz CT molecular complexity index is 367. The first-order valence-corrected chi connectivity index (χ1v) is 5.46. The summed E-state index contributed by atoms with van der Waals surface area (Å²) < 4.78 is 0. The maximum Gasteiger partial charge on any atom is 0.256 e. The standard InChI is InChI=1S/C12H16N2O2/c13-10-6-7-14(8-10)12(16)11(15)9-4-2-1-3-5-9/h1-5,10-11,15H,6-8,13H2. The van der Waals surface area contributed by atoms with Crippen LogP contribution >= 0.6 is 0 Å². The molecule has 2 rings (SSSR count). The first kappa shape index (κ1) is 11.1. The van der Waals surface area contributed by atoms with E-state index in [2.05, 4.69) is 0 Å². The third-order valence-corrected chi connectivity index (χ3v) is 2.89. The highest BCUT2D eigenvalue weighted by molar-refractivity contribution is 5.82. The second kappa shape index (κ2) is 4.63. The van der Waals surface area contributed by atoms with Crippen molar-refractivity contribution >= 4 is 5.91 Å². The van der Waals surface area contributed by atoms with Crippen molar-refractivity contribution in [1.82, 2.24) is 4.90 Å². The van der Waals surface area contributed by atoms with Gasteiger partial charge in [0.05, 0.1) is 0 Å². The Labute approximate surface area is 94.7 Å². The van der Waals surface area contributed by atoms with E-state index < -0.39 is 6.10 Å². The van der Waals surface area contributed by atoms with Crippen molar-refractivity contribution in [1.29, 1.82) is 0 Å². The molecule has 1 aliphatic heterocycles. The molecule has 4 heteroatoms. The Kier molecular flexibility index (Phi) is 3.22. The summed E-state index contributed by atoms with van der Waals surface area (Å²) in [6.45, 7) is 1.19. The Morgan fingerprint density at radius 3 is 2.69 bits per heavy atom. The van der Waals surface area contributed by atoms with Crippen LogP contribution < -0.4 is 5.73 Å². The summed E-state index contributed by atoms with van der Waals surface area (Å²) in [6, 6.07) is 9.01. The summed E-state index contributed by atoms with van der Waals surface area (Å²) >= 11 is 0. The molecular formula is C12H16N2O2. The maximum absolute atomic E-state index is 11.9. The molecule has 1 aliphatic rings. The summed E-state index contributed by atoms with van der Waals surface area (Å²) in [5.74, 6) is -0.251. The minimum Gasteiger partial charge on any atom is -0.378 e. The molecule has 1 heterocycles. The van der Waals surface area contributed by atoms with Gasteiger partial charge in [-0.2, -0.15) is 0 Å². The summed E-state index contributed by atoms with van der Waals surface area (Å²) in [6.07, 6.45) is -0.251. The lowest BCUT2D eigenvalue weighted by atomic mass is 10.1. The summed E-state index contributed by atoms with van der Waals surface area (Å²) in [4.78, 5) is 13.5. The van der Waals surface area contributed by atoms with Gasteiger partial charge in [-0.1, -0.05) is 30.3 Å². The largest absolute Gasteiger partial charge is 0.378 e. The van der Waals surface area contributed by atoms with E-state index in [1.165, 1.54) is 0 Å². The third kappa shape index (κ3) is 2.23. The summed E-state index contributed by atoms with van der Waals surface area (Å²) in [5.41, 5.74) is 6.36. The number of benzene rings is 1. The smallest absolute Gasteiger partial charge is 0.256 e. The number of likely N-dealkylation sites (tertiary alicyclic amines) is 1. The van der Waals surface area contributed by atoms with Crippen molar-refractivity contribution in [3.8, 4) is 0 Å². The quantitative estimate of drug-likeness (QED) is 0.752. The van der Waals surface area contributed by atoms with Crippen molar-refractivity contribution in [3.05, 3.63) is 35.9 Å². The van der Waals surface area contributed by atoms with Crippen molar-refractivity contribution in [2.24, 2.45) is 5.73 Å². The Morgan fingerprint density at radius 2 is 2.12 bits per heavy atom. The average Bonchev–Trinajstić information content (AvgIpc) is 2.75. The summed E-state index contributed by atoms with van der Waals surface area (Å²) in [7, 11) is 0. The molecule has 86 valence electrons. The SMILES string of the molecule is NC1CCN(C(=O)C(O)c2ccccc2)C1. The maximum atomic E-state index is 11.9. The van der Waals surface area contributed by atoms with Crippen LogP contribution in [0, 0.1) is 0 Å². The van der Waals surface area contributed by atoms with E-state index in [0.717, 1.165) is 6.42 Å². The molecule has 0 bridgehead atoms. The first-order valence-electron chi connectivity index (χ1n) is 5.46. The molecule has 2 atom stereocenters. The lowest BCUT2D eigenvalue weighted by molar-refractivity contribution is -0.139. The molecule has 1 amide bonds. The number of hydrogen-bond donors (Lipinski definition) is 2. The molecule has 1 aromatic rings. The van der Waals surface area contributed by atoms with Gasteiger partial charge in [-0.25, -0.2) is 0 Å². The van der Waals surface area contributed by atoms with Crippen molar-refractivity contribution in [2.75, 3.05) is 13.1 Å². The van der Waals surface area contributed by atoms with Gasteiger partial charge in [-0.05, 0) is 12.0 Å². The topological polar surface area (TPSA) is 66.6 Å². The zero-order chi connectivity index (χ0) is 11.5. The van der Waals surface area contributed by atoms with Gasteiger partial charge >= 0.3 is 0 Å². The molecular weight excluding hydrogens is 204 g/mol. The number of carbonyl (C=O) groups excluding carboxylic acids is 1. The van der Waals surface area contributed by atoms with Crippen LogP contribution in [0.1, 0.15) is 18.1 Å². The number of carbonyl (C=O) groups is 1. The molecule has 1 saturated heterocycles. The molecule has 1 fully saturated rings. The van der Waals surface area contributed by atoms with Gasteiger partial charge in [-0.3, -0.25) is 4.79 Å². The van der Waals surface area contributed by atoms with Crippen LogP contribution in [0.2, 0.25) is 0 Å². The minimum atomic E-state index is -1.06. The van der Waals surface area contributed by atoms with E-state index in [1.54, 1.807) is 17.0 Å². The molecule has 4 nitrogen and oxygen atoms in total. The number of nitrogens with two attached hydrogens (primary N) is 1. The van der Waals surface area contributed by atoms with Gasteiger partial charge in [0, 0.05) is 19.1 Å². The molecule has 0 saturated carbocycles. The van der Waals surface area contributed by atoms with Gasteiger partial charge < -0.3 is 15.7 Å². The van der Waals surface area contributed by atoms with Crippen LogP contribution in [0.5, 0.6) is 0 Å². The third-order valence-electron chi connectivity index (χ3n) is 2.89. The Hall–Kier alpha value is -1.39. The van der Waals surface area contributed by atoms with Crippen LogP contribution in [0.15, 0.2) is 30.3 Å². The van der Waals surface area contributed by atoms with Crippen LogP contribution in [0.4, 0.5) is 0 Å². The molecule has 0 aromatic heterocycles. The van der Waals surface area contributed by atoms with Gasteiger partial charge in [0.25, 0.3) is 5.91 Å². The molecule has 0 aliphatic carbocycles. The number of aliphatic hydroxyl groups is 1. The van der Waals surface area contributed by atoms with E-state index >= 15 is 0 Å². The monoisotopic (exact) mass is 220 g/mol. The van der Waals surface area contributed by atoms with Crippen molar-refractivity contribution in [3.63, 3.8) is 0 Å². The highest BCUT2D eigenvalue weighted by atomic mass is 16.3. The van der Waals surface area contributed by atoms with Crippen molar-refractivity contribution in [2.45, 2.75) is 18.6 Å². The fourth-order valence-electron chi connectivity index (χ4n) is 1.94. The van der Waals surface area contributed by atoms with E-state index in [4.69, 9.17) is 5.73 Å². The highest BCUT2D eigenvalue weighted by Crippen LogP contribution is 2.18. The molecule has 0 radical (unpaired) electrons. The first-order chi connectivity index (χ1) is 7.68. The normalized spacial score (nSPS) is 22.1. The zero-order valence-corrected chi connectivity index (χ0v) is 9.04. The van der Waals surface area contributed by atoms with E-state index in [-0.39, 0.29) is 11.9 Å². The molecule has 1 aromatic carbocycles. The number of rotatable bonds is 2. The Morgan fingerprint density at radius 1 is 1.44 bits per heavy atom. The van der Waals surface area contributed by atoms with Crippen LogP contribution in [0.25, 0.3) is 0 Å². The molecule has 3 N–H and O–H groups in total. The summed E-state index contributed by atoms with van der Waals surface area (Å²) in [5, 5.41) is 9.90. The number of hydrogen-bond acceptors (Lipinski definition) is 3. The second-order valence-corrected chi connectivity index (χ2v) is 4.15. The van der Waals surface area contributed by atoms with Gasteiger partial charge in [0.1, 0.15) is 0 Å². The zero-order valence-electron chi connectivity index (χ0n) is 9.04. The van der Waals surface area contributed by atoms with E-state index in [1.807, 2.05) is 18.2 Å². The number of aliphatic hydroxyl groups excluding tert-OH is 1. The highest BCUT2D eigenvalue weighted by Gasteiger charge is 2.28. The second-order valence-electron chi connectivity index (χ2n) is 4.15. The van der Waals surface area contributed by atoms with E-state index in [9.17, 15) is 9.90 Å². The van der Waals surface area contributed by atoms with E-state index in [0.29, 0.717) is 18.7 Å². The molecule has 2 unspecified atom stereocenters. The predicted octanol–water partition coefficient (Wildman–Crippen LogP) is 0.280. The fourth-order valence-corrected chi connectivity index (χ4v) is 1.94. The Balaban J connectivity index is 2.05. The fraction of sp³-hybridized carbons (Fsp3) is 0.417. The van der Waals surface area contributed by atoms with Crippen LogP contribution in [-0.2, 0) is 4.79 Å². The van der Waals surface area contributed by atoms with Gasteiger partial charge in [0.15, 0.2) is 6.10 Å². The van der Waals surface area contributed by atoms with Crippen LogP contribution in [0.3, 0.4) is 0 Å². The van der Waals surface area contributed by atoms with Gasteiger partial charge in [0.2, 0.25) is 0 Å². The minimum absolute atomic E-state index is 0.0481. The lowest BCUT2D eigenvalue weighted by Gasteiger charge is -2.19. The lowest BCUT2D eigenvalue weighted by Crippen LogP contribution is -2.35. The number of amides is 1. The molecule has 0 spiro atoms. The van der Waals surface area contributed by atoms with Gasteiger partial charge in [-0.15, -0.1) is 0 Å².